The molecule has 1 aliphatic rings. The van der Waals surface area contributed by atoms with E-state index >= 15 is 0 Å². The van der Waals surface area contributed by atoms with Crippen LogP contribution in [0.15, 0.2) is 21.9 Å². The van der Waals surface area contributed by atoms with Crippen LogP contribution in [0.1, 0.15) is 12.6 Å². The molecule has 1 fully saturated rings. The first kappa shape index (κ1) is 35.2. The van der Waals surface area contributed by atoms with Crippen molar-refractivity contribution in [1.82, 2.24) is 9.55 Å². The second kappa shape index (κ2) is 13.9. The summed E-state index contributed by atoms with van der Waals surface area (Å²) >= 11 is 0. The molecule has 0 saturated carbocycles. The Labute approximate surface area is 240 Å². The summed E-state index contributed by atoms with van der Waals surface area (Å²) in [6, 6.07) is 1.00. The number of H-pyrrole nitrogens is 1. The van der Waals surface area contributed by atoms with Gasteiger partial charge in [-0.05, 0) is 0 Å². The number of rotatable bonds is 8. The number of aliphatic hydroxyl groups excluding tert-OH is 1. The summed E-state index contributed by atoms with van der Waals surface area (Å²) in [6.45, 7) is -0.981. The van der Waals surface area contributed by atoms with Gasteiger partial charge in [-0.2, -0.15) is 0 Å². The summed E-state index contributed by atoms with van der Waals surface area (Å²) in [6.07, 6.45) is -2.97. The molecule has 0 spiro atoms. The number of nitrogens with one attached hydrogen (secondary N) is 1. The third kappa shape index (κ3) is 12.0. The van der Waals surface area contributed by atoms with E-state index < -0.39 is 59.8 Å². The predicted molar refractivity (Wildman–Crippen MR) is 79.0 cm³/mol. The van der Waals surface area contributed by atoms with Gasteiger partial charge in [0.25, 0.3) is 29.0 Å². The smallest absolute Gasteiger partial charge is 0.756 e. The van der Waals surface area contributed by atoms with Crippen molar-refractivity contribution in [2.24, 2.45) is 0 Å². The number of hydrogen-bond acceptors (Lipinski definition) is 13. The monoisotopic (exact) mass is 534 g/mol. The minimum absolute atomic E-state index is 0. The average molecular weight is 534 g/mol. The molecule has 160 valence electrons. The number of phosphoric ester groups is 1. The van der Waals surface area contributed by atoms with Crippen molar-refractivity contribution in [3.8, 4) is 0 Å². The third-order valence-electron chi connectivity index (χ3n) is 3.17. The van der Waals surface area contributed by atoms with E-state index in [1.165, 1.54) is 0 Å². The van der Waals surface area contributed by atoms with Gasteiger partial charge in [0.1, 0.15) is 12.3 Å². The van der Waals surface area contributed by atoms with Crippen molar-refractivity contribution in [3.63, 3.8) is 0 Å². The summed E-state index contributed by atoms with van der Waals surface area (Å²) in [5, 5.41) is 9.87. The van der Waals surface area contributed by atoms with Gasteiger partial charge in [-0.3, -0.25) is 28.0 Å². The SMILES string of the molecule is O=c1ccn([C@H]2C[C@@H](O)[C@@H](COP(=O)([O-])OP(=O)([O-])OP(=O)([O-])O)O2)c(=O)[nH]1.[Na+].[Na+].[Na+]. The van der Waals surface area contributed by atoms with Gasteiger partial charge in [0.15, 0.2) is 0 Å². The largest absolute Gasteiger partial charge is 1.00 e. The maximum absolute atomic E-state index is 11.7. The molecule has 0 amide bonds. The second-order valence-electron chi connectivity index (χ2n) is 5.27. The molecule has 0 aliphatic carbocycles. The van der Waals surface area contributed by atoms with Crippen LogP contribution in [0.2, 0.25) is 0 Å². The first-order valence-corrected chi connectivity index (χ1v) is 11.5. The number of aliphatic hydroxyl groups is 1. The Morgan fingerprint density at radius 2 is 1.71 bits per heavy atom. The van der Waals surface area contributed by atoms with Gasteiger partial charge >= 0.3 is 94.4 Å². The van der Waals surface area contributed by atoms with E-state index in [9.17, 15) is 43.1 Å². The molecule has 1 aromatic rings. The molecular formula is C9H12N2Na3O14P3. The molecule has 22 heteroatoms. The summed E-state index contributed by atoms with van der Waals surface area (Å²) in [7, 11) is -17.6. The van der Waals surface area contributed by atoms with E-state index in [4.69, 9.17) is 9.63 Å². The summed E-state index contributed by atoms with van der Waals surface area (Å²) in [5.74, 6) is 0. The van der Waals surface area contributed by atoms with Crippen molar-refractivity contribution in [3.05, 3.63) is 33.1 Å². The number of phosphoric acid groups is 3. The van der Waals surface area contributed by atoms with Crippen LogP contribution in [-0.2, 0) is 31.6 Å². The zero-order valence-electron chi connectivity index (χ0n) is 16.4. The van der Waals surface area contributed by atoms with Crippen LogP contribution in [0.4, 0.5) is 0 Å². The molecule has 3 unspecified atom stereocenters. The summed E-state index contributed by atoms with van der Waals surface area (Å²) in [4.78, 5) is 65.8. The molecule has 1 aromatic heterocycles. The van der Waals surface area contributed by atoms with E-state index in [0.29, 0.717) is 0 Å². The fraction of sp³-hybridized carbons (Fsp3) is 0.556. The zero-order chi connectivity index (χ0) is 21.3. The van der Waals surface area contributed by atoms with Gasteiger partial charge in [0.2, 0.25) is 0 Å². The van der Waals surface area contributed by atoms with Crippen molar-refractivity contribution >= 4 is 23.5 Å². The minimum Gasteiger partial charge on any atom is -0.756 e. The molecule has 16 nitrogen and oxygen atoms in total. The van der Waals surface area contributed by atoms with Crippen LogP contribution >= 0.6 is 23.5 Å². The van der Waals surface area contributed by atoms with Gasteiger partial charge < -0.3 is 33.9 Å². The van der Waals surface area contributed by atoms with Crippen molar-refractivity contribution in [2.45, 2.75) is 24.9 Å². The van der Waals surface area contributed by atoms with E-state index in [-0.39, 0.29) is 95.1 Å². The molecule has 2 rings (SSSR count). The summed E-state index contributed by atoms with van der Waals surface area (Å²) < 4.78 is 49.7. The summed E-state index contributed by atoms with van der Waals surface area (Å²) in [5.41, 5.74) is -1.54. The maximum Gasteiger partial charge on any atom is 1.00 e. The van der Waals surface area contributed by atoms with Crippen LogP contribution in [-0.4, -0.2) is 38.4 Å². The first-order chi connectivity index (χ1) is 12.7. The van der Waals surface area contributed by atoms with Gasteiger partial charge in [0, 0.05) is 18.7 Å². The Hall–Kier alpha value is 2.01. The van der Waals surface area contributed by atoms with Crippen molar-refractivity contribution < 1.29 is 145 Å². The molecule has 31 heavy (non-hydrogen) atoms. The Morgan fingerprint density at radius 1 is 1.13 bits per heavy atom. The van der Waals surface area contributed by atoms with Crippen molar-refractivity contribution in [2.75, 3.05) is 6.61 Å². The van der Waals surface area contributed by atoms with E-state index in [0.717, 1.165) is 16.8 Å². The predicted octanol–water partition coefficient (Wildman–Crippen LogP) is -12.4. The molecule has 1 aliphatic heterocycles. The van der Waals surface area contributed by atoms with Crippen LogP contribution in [0, 0.1) is 0 Å². The first-order valence-electron chi connectivity index (χ1n) is 7.05. The standard InChI is InChI=1S/C9H15N2O14P3.3Na/c12-5-3-8(11-2-1-7(13)10-9(11)14)23-6(5)4-22-27(18,19)25-28(20,21)24-26(15,16)17;;;/h1-2,5-6,8,12H,3-4H2,(H,18,19)(H,20,21)(H,10,13,14)(H2,15,16,17);;;/q;3*+1/p-3/t5-,6-,8-;;;/m1.../s1. The van der Waals surface area contributed by atoms with E-state index in [1.54, 1.807) is 0 Å². The molecule has 1 saturated heterocycles. The molecular weight excluding hydrogens is 522 g/mol. The van der Waals surface area contributed by atoms with Gasteiger partial charge in [-0.15, -0.1) is 0 Å². The van der Waals surface area contributed by atoms with Crippen LogP contribution in [0.25, 0.3) is 0 Å². The van der Waals surface area contributed by atoms with E-state index in [2.05, 4.69) is 13.1 Å². The molecule has 6 atom stereocenters. The van der Waals surface area contributed by atoms with Crippen molar-refractivity contribution in [1.29, 1.82) is 0 Å². The fourth-order valence-electron chi connectivity index (χ4n) is 2.14. The number of ether oxygens (including phenoxy) is 1. The molecule has 0 radical (unpaired) electrons. The third-order valence-corrected chi connectivity index (χ3v) is 6.86. The number of nitrogens with zero attached hydrogens (tertiary/aromatic N) is 1. The zero-order valence-corrected chi connectivity index (χ0v) is 25.1. The Kier molecular flexibility index (Phi) is 15.8. The van der Waals surface area contributed by atoms with Crippen LogP contribution in [0.5, 0.6) is 0 Å². The van der Waals surface area contributed by atoms with Gasteiger partial charge in [-0.1, -0.05) is 0 Å². The van der Waals surface area contributed by atoms with Crippen LogP contribution < -0.4 is 115 Å². The number of aromatic amines is 1. The van der Waals surface area contributed by atoms with E-state index in [1.807, 2.05) is 4.98 Å². The van der Waals surface area contributed by atoms with Gasteiger partial charge in [0.05, 0.1) is 12.7 Å². The normalized spacial score (nSPS) is 26.2. The molecule has 3 N–H and O–H groups in total. The number of aromatic nitrogens is 2. The topological polar surface area (TPSA) is 253 Å². The number of hydrogen-bond donors (Lipinski definition) is 3. The molecule has 0 aromatic carbocycles. The Bertz CT molecular complexity index is 980. The molecule has 0 bridgehead atoms. The second-order valence-corrected chi connectivity index (χ2v) is 9.56. The van der Waals surface area contributed by atoms with Gasteiger partial charge in [-0.25, -0.2) is 13.4 Å². The minimum atomic E-state index is -6.04. The Balaban J connectivity index is 0. The van der Waals surface area contributed by atoms with Crippen LogP contribution in [0.3, 0.4) is 0 Å². The maximum atomic E-state index is 11.7. The Morgan fingerprint density at radius 3 is 2.23 bits per heavy atom. The quantitative estimate of drug-likeness (QED) is 0.207. The molecule has 2 heterocycles. The fourth-order valence-corrected chi connectivity index (χ4v) is 5.04. The average Bonchev–Trinajstić information content (AvgIpc) is 2.82.